The lowest BCUT2D eigenvalue weighted by atomic mass is 10.1. The SMILES string of the molecule is CC(CCCC(F)(F)F)NOCC(N)=O. The van der Waals surface area contributed by atoms with Crippen LogP contribution in [0.3, 0.4) is 0 Å². The summed E-state index contributed by atoms with van der Waals surface area (Å²) in [6.07, 6.45) is -4.58. The standard InChI is InChI=1S/C8H15F3N2O2/c1-6(13-15-5-7(12)14)3-2-4-8(9,10)11/h6,13H,2-5H2,1H3,(H2,12,14). The molecule has 1 unspecified atom stereocenters. The van der Waals surface area contributed by atoms with Crippen LogP contribution in [0.25, 0.3) is 0 Å². The number of carbonyl (C=O) groups is 1. The fourth-order valence-electron chi connectivity index (χ4n) is 0.923. The van der Waals surface area contributed by atoms with E-state index in [0.29, 0.717) is 6.42 Å². The van der Waals surface area contributed by atoms with Crippen molar-refractivity contribution < 1.29 is 22.8 Å². The number of rotatable bonds is 7. The summed E-state index contributed by atoms with van der Waals surface area (Å²) in [7, 11) is 0. The van der Waals surface area contributed by atoms with Gasteiger partial charge in [0.25, 0.3) is 0 Å². The van der Waals surface area contributed by atoms with Crippen molar-refractivity contribution in [1.29, 1.82) is 0 Å². The molecule has 0 aliphatic carbocycles. The molecule has 0 aromatic heterocycles. The first-order chi connectivity index (χ1) is 6.81. The minimum Gasteiger partial charge on any atom is -0.368 e. The third-order valence-electron chi connectivity index (χ3n) is 1.60. The highest BCUT2D eigenvalue weighted by molar-refractivity contribution is 5.74. The van der Waals surface area contributed by atoms with Gasteiger partial charge in [-0.2, -0.15) is 18.7 Å². The number of hydroxylamine groups is 1. The molecule has 15 heavy (non-hydrogen) atoms. The minimum absolute atomic E-state index is 0.0254. The topological polar surface area (TPSA) is 64.3 Å². The molecule has 4 nitrogen and oxygen atoms in total. The summed E-state index contributed by atoms with van der Waals surface area (Å²) in [5.41, 5.74) is 7.22. The van der Waals surface area contributed by atoms with E-state index in [0.717, 1.165) is 0 Å². The fraction of sp³-hybridized carbons (Fsp3) is 0.875. The van der Waals surface area contributed by atoms with E-state index in [-0.39, 0.29) is 19.1 Å². The third kappa shape index (κ3) is 11.1. The first kappa shape index (κ1) is 14.2. The van der Waals surface area contributed by atoms with Gasteiger partial charge in [0, 0.05) is 12.5 Å². The van der Waals surface area contributed by atoms with Crippen LogP contribution in [0.15, 0.2) is 0 Å². The number of carbonyl (C=O) groups excluding carboxylic acids is 1. The fourth-order valence-corrected chi connectivity index (χ4v) is 0.923. The van der Waals surface area contributed by atoms with E-state index < -0.39 is 18.5 Å². The predicted octanol–water partition coefficient (Wildman–Crippen LogP) is 1.11. The second kappa shape index (κ2) is 6.62. The smallest absolute Gasteiger partial charge is 0.368 e. The van der Waals surface area contributed by atoms with Gasteiger partial charge in [-0.15, -0.1) is 0 Å². The molecule has 0 rings (SSSR count). The van der Waals surface area contributed by atoms with E-state index in [1.165, 1.54) is 0 Å². The molecule has 0 heterocycles. The second-order valence-electron chi connectivity index (χ2n) is 3.28. The van der Waals surface area contributed by atoms with E-state index in [1.54, 1.807) is 6.92 Å². The molecule has 0 saturated heterocycles. The van der Waals surface area contributed by atoms with Crippen LogP contribution in [0, 0.1) is 0 Å². The van der Waals surface area contributed by atoms with Gasteiger partial charge < -0.3 is 5.73 Å². The average Bonchev–Trinajstić information content (AvgIpc) is 2.00. The van der Waals surface area contributed by atoms with Crippen LogP contribution in [0.1, 0.15) is 26.2 Å². The normalized spacial score (nSPS) is 13.9. The van der Waals surface area contributed by atoms with Gasteiger partial charge in [0.2, 0.25) is 5.91 Å². The lowest BCUT2D eigenvalue weighted by Crippen LogP contribution is -2.31. The second-order valence-corrected chi connectivity index (χ2v) is 3.28. The molecule has 7 heteroatoms. The molecule has 0 fully saturated rings. The molecule has 1 amide bonds. The van der Waals surface area contributed by atoms with Crippen molar-refractivity contribution >= 4 is 5.91 Å². The summed E-state index contributed by atoms with van der Waals surface area (Å²) in [6.45, 7) is 1.38. The van der Waals surface area contributed by atoms with Crippen LogP contribution in [0.4, 0.5) is 13.2 Å². The van der Waals surface area contributed by atoms with E-state index in [1.807, 2.05) is 0 Å². The maximum atomic E-state index is 11.8. The Morgan fingerprint density at radius 3 is 2.60 bits per heavy atom. The molecule has 90 valence electrons. The molecule has 0 bridgehead atoms. The predicted molar refractivity (Wildman–Crippen MR) is 47.7 cm³/mol. The largest absolute Gasteiger partial charge is 0.389 e. The Labute approximate surface area is 85.9 Å². The Morgan fingerprint density at radius 2 is 2.13 bits per heavy atom. The number of nitrogens with one attached hydrogen (secondary N) is 1. The Balaban J connectivity index is 3.41. The van der Waals surface area contributed by atoms with E-state index >= 15 is 0 Å². The molecular formula is C8H15F3N2O2. The van der Waals surface area contributed by atoms with Gasteiger partial charge in [-0.05, 0) is 19.8 Å². The maximum Gasteiger partial charge on any atom is 0.389 e. The third-order valence-corrected chi connectivity index (χ3v) is 1.60. The van der Waals surface area contributed by atoms with Crippen LogP contribution < -0.4 is 11.2 Å². The molecule has 0 aliphatic rings. The molecule has 0 radical (unpaired) electrons. The summed E-state index contributed by atoms with van der Waals surface area (Å²) in [5.74, 6) is -0.634. The van der Waals surface area contributed by atoms with E-state index in [4.69, 9.17) is 5.73 Å². The van der Waals surface area contributed by atoms with Crippen LogP contribution in [0.5, 0.6) is 0 Å². The quantitative estimate of drug-likeness (QED) is 0.641. The lowest BCUT2D eigenvalue weighted by molar-refractivity contribution is -0.136. The van der Waals surface area contributed by atoms with Gasteiger partial charge in [0.05, 0.1) is 0 Å². The summed E-state index contributed by atoms with van der Waals surface area (Å²) in [4.78, 5) is 14.9. The molecule has 1 atom stereocenters. The van der Waals surface area contributed by atoms with Gasteiger partial charge in [-0.25, -0.2) is 0 Å². The number of alkyl halides is 3. The summed E-state index contributed by atoms with van der Waals surface area (Å²) in [6, 6.07) is -0.244. The van der Waals surface area contributed by atoms with Crippen LogP contribution in [-0.2, 0) is 9.63 Å². The highest BCUT2D eigenvalue weighted by Crippen LogP contribution is 2.22. The van der Waals surface area contributed by atoms with Crippen LogP contribution in [0.2, 0.25) is 0 Å². The lowest BCUT2D eigenvalue weighted by Gasteiger charge is -2.13. The van der Waals surface area contributed by atoms with Gasteiger partial charge >= 0.3 is 6.18 Å². The van der Waals surface area contributed by atoms with Crippen molar-refractivity contribution in [3.63, 3.8) is 0 Å². The van der Waals surface area contributed by atoms with Crippen molar-refractivity contribution in [2.45, 2.75) is 38.4 Å². The number of nitrogens with two attached hydrogens (primary N) is 1. The molecular weight excluding hydrogens is 213 g/mol. The van der Waals surface area contributed by atoms with Crippen LogP contribution >= 0.6 is 0 Å². The molecule has 3 N–H and O–H groups in total. The Kier molecular flexibility index (Phi) is 6.26. The average molecular weight is 228 g/mol. The van der Waals surface area contributed by atoms with Gasteiger partial charge in [0.1, 0.15) is 6.61 Å². The first-order valence-corrected chi connectivity index (χ1v) is 4.53. The maximum absolute atomic E-state index is 11.8. The van der Waals surface area contributed by atoms with Gasteiger partial charge in [-0.3, -0.25) is 9.63 Å². The number of amides is 1. The molecule has 0 aromatic rings. The van der Waals surface area contributed by atoms with Crippen molar-refractivity contribution in [3.8, 4) is 0 Å². The molecule has 0 spiro atoms. The Bertz CT molecular complexity index is 197. The number of primary amides is 1. The Hall–Kier alpha value is -0.820. The summed E-state index contributed by atoms with van der Waals surface area (Å²) >= 11 is 0. The number of hydrogen-bond acceptors (Lipinski definition) is 3. The zero-order chi connectivity index (χ0) is 11.9. The summed E-state index contributed by atoms with van der Waals surface area (Å²) < 4.78 is 35.3. The molecule has 0 aromatic carbocycles. The van der Waals surface area contributed by atoms with Crippen molar-refractivity contribution in [2.75, 3.05) is 6.61 Å². The number of halogens is 3. The zero-order valence-corrected chi connectivity index (χ0v) is 8.43. The molecule has 0 saturated carbocycles. The van der Waals surface area contributed by atoms with Crippen LogP contribution in [-0.4, -0.2) is 24.7 Å². The zero-order valence-electron chi connectivity index (χ0n) is 8.43. The highest BCUT2D eigenvalue weighted by Gasteiger charge is 2.26. The minimum atomic E-state index is -4.12. The highest BCUT2D eigenvalue weighted by atomic mass is 19.4. The Morgan fingerprint density at radius 1 is 1.53 bits per heavy atom. The first-order valence-electron chi connectivity index (χ1n) is 4.53. The van der Waals surface area contributed by atoms with Crippen molar-refractivity contribution in [2.24, 2.45) is 5.73 Å². The summed E-state index contributed by atoms with van der Waals surface area (Å²) in [5, 5.41) is 0. The van der Waals surface area contributed by atoms with Crippen molar-refractivity contribution in [3.05, 3.63) is 0 Å². The van der Waals surface area contributed by atoms with E-state index in [9.17, 15) is 18.0 Å². The van der Waals surface area contributed by atoms with Gasteiger partial charge in [0.15, 0.2) is 0 Å². The monoisotopic (exact) mass is 228 g/mol. The van der Waals surface area contributed by atoms with Crippen molar-refractivity contribution in [1.82, 2.24) is 5.48 Å². The van der Waals surface area contributed by atoms with E-state index in [2.05, 4.69) is 10.3 Å². The molecule has 0 aliphatic heterocycles. The van der Waals surface area contributed by atoms with Gasteiger partial charge in [-0.1, -0.05) is 0 Å². The number of hydrogen-bond donors (Lipinski definition) is 2.